The maximum absolute atomic E-state index is 5.92. The Morgan fingerprint density at radius 2 is 1.31 bits per heavy atom. The van der Waals surface area contributed by atoms with Crippen LogP contribution in [0.25, 0.3) is 11.1 Å². The number of hydrogen-bond donors (Lipinski definition) is 0. The summed E-state index contributed by atoms with van der Waals surface area (Å²) < 4.78 is 5.92. The van der Waals surface area contributed by atoms with E-state index in [1.54, 1.807) is 11.8 Å². The van der Waals surface area contributed by atoms with E-state index in [1.165, 1.54) is 89.9 Å². The van der Waals surface area contributed by atoms with Crippen molar-refractivity contribution in [3.8, 4) is 16.9 Å². The predicted octanol–water partition coefficient (Wildman–Crippen LogP) is 10.1. The largest absolute Gasteiger partial charge is 0.494 e. The summed E-state index contributed by atoms with van der Waals surface area (Å²) >= 11 is 1.78. The van der Waals surface area contributed by atoms with Crippen LogP contribution in [0.2, 0.25) is 0 Å². The smallest absolute Gasteiger partial charge is 0.187 e. The van der Waals surface area contributed by atoms with E-state index in [1.807, 2.05) is 12.4 Å². The topological polar surface area (TPSA) is 35.0 Å². The van der Waals surface area contributed by atoms with Gasteiger partial charge in [0.2, 0.25) is 0 Å². The maximum atomic E-state index is 5.92. The van der Waals surface area contributed by atoms with Crippen LogP contribution in [0.3, 0.4) is 0 Å². The molecule has 0 bridgehead atoms. The van der Waals surface area contributed by atoms with E-state index >= 15 is 0 Å². The number of hydrogen-bond acceptors (Lipinski definition) is 4. The third-order valence-corrected chi connectivity index (χ3v) is 7.81. The lowest BCUT2D eigenvalue weighted by molar-refractivity contribution is 0.302. The van der Waals surface area contributed by atoms with E-state index < -0.39 is 0 Å². The van der Waals surface area contributed by atoms with Crippen LogP contribution in [0.5, 0.6) is 5.75 Å². The molecule has 196 valence electrons. The molecule has 0 amide bonds. The third kappa shape index (κ3) is 13.9. The molecule has 0 N–H and O–H groups in total. The average molecular weight is 499 g/mol. The molecule has 0 aliphatic rings. The molecular weight excluding hydrogens is 448 g/mol. The summed E-state index contributed by atoms with van der Waals surface area (Å²) in [4.78, 5) is 9.15. The van der Waals surface area contributed by atoms with Gasteiger partial charge in [-0.2, -0.15) is 0 Å². The van der Waals surface area contributed by atoms with E-state index in [4.69, 9.17) is 4.74 Å². The number of aromatic nitrogens is 2. The lowest BCUT2D eigenvalue weighted by Crippen LogP contribution is -1.98. The van der Waals surface area contributed by atoms with E-state index in [9.17, 15) is 0 Å². The second kappa shape index (κ2) is 19.6. The molecule has 0 saturated carbocycles. The summed E-state index contributed by atoms with van der Waals surface area (Å²) in [6.45, 7) is 7.70. The molecule has 0 saturated heterocycles. The number of ether oxygens (including phenoxy) is 1. The van der Waals surface area contributed by atoms with Crippen LogP contribution in [0.4, 0.5) is 0 Å². The molecule has 1 heterocycles. The number of rotatable bonds is 21. The summed E-state index contributed by atoms with van der Waals surface area (Å²) in [6, 6.07) is 8.33. The second-order valence-electron chi connectivity index (χ2n) is 10.0. The normalized spacial score (nSPS) is 12.1. The molecule has 0 aliphatic carbocycles. The molecule has 0 spiro atoms. The van der Waals surface area contributed by atoms with Crippen molar-refractivity contribution >= 4 is 11.8 Å². The Morgan fingerprint density at radius 1 is 0.714 bits per heavy atom. The van der Waals surface area contributed by atoms with Crippen LogP contribution < -0.4 is 4.74 Å². The van der Waals surface area contributed by atoms with Crippen LogP contribution in [0.1, 0.15) is 117 Å². The van der Waals surface area contributed by atoms with Crippen molar-refractivity contribution in [1.82, 2.24) is 9.97 Å². The Balaban J connectivity index is 1.56. The van der Waals surface area contributed by atoms with Gasteiger partial charge in [0.15, 0.2) is 5.16 Å². The standard InChI is InChI=1S/C31H50N2OS/c1-4-6-7-8-9-10-11-12-13-17-24-35-31-32-25-29(26-33-31)28-19-21-30(22-20-28)34-23-16-14-15-18-27(3)5-2/h19-22,25-27H,4-18,23-24H2,1-3H3. The molecule has 0 aliphatic heterocycles. The maximum Gasteiger partial charge on any atom is 0.187 e. The highest BCUT2D eigenvalue weighted by atomic mass is 32.2. The first-order valence-corrected chi connectivity index (χ1v) is 15.4. The summed E-state index contributed by atoms with van der Waals surface area (Å²) in [5, 5.41) is 0.887. The van der Waals surface area contributed by atoms with Crippen LogP contribution >= 0.6 is 11.8 Å². The summed E-state index contributed by atoms with van der Waals surface area (Å²) in [6.07, 6.45) is 24.0. The fraction of sp³-hybridized carbons (Fsp3) is 0.677. The van der Waals surface area contributed by atoms with Crippen LogP contribution in [-0.4, -0.2) is 22.3 Å². The first-order valence-electron chi connectivity index (χ1n) is 14.4. The Labute approximate surface area is 220 Å². The first kappa shape index (κ1) is 29.7. The van der Waals surface area contributed by atoms with Crippen molar-refractivity contribution < 1.29 is 4.74 Å². The van der Waals surface area contributed by atoms with Gasteiger partial charge < -0.3 is 4.74 Å². The SMILES string of the molecule is CCCCCCCCCCCCSc1ncc(-c2ccc(OCCCCCC(C)CC)cc2)cn1. The molecule has 1 unspecified atom stereocenters. The molecule has 2 aromatic rings. The van der Waals surface area contributed by atoms with Gasteiger partial charge in [0.1, 0.15) is 5.75 Å². The van der Waals surface area contributed by atoms with E-state index in [0.29, 0.717) is 0 Å². The van der Waals surface area contributed by atoms with Crippen molar-refractivity contribution in [3.63, 3.8) is 0 Å². The molecule has 2 rings (SSSR count). The van der Waals surface area contributed by atoms with Gasteiger partial charge in [-0.3, -0.25) is 0 Å². The molecule has 4 heteroatoms. The molecule has 0 radical (unpaired) electrons. The zero-order valence-electron chi connectivity index (χ0n) is 22.8. The lowest BCUT2D eigenvalue weighted by atomic mass is 10.0. The number of thioether (sulfide) groups is 1. The first-order chi connectivity index (χ1) is 17.2. The van der Waals surface area contributed by atoms with Gasteiger partial charge in [-0.05, 0) is 36.5 Å². The minimum Gasteiger partial charge on any atom is -0.494 e. The van der Waals surface area contributed by atoms with Crippen LogP contribution in [0, 0.1) is 5.92 Å². The van der Waals surface area contributed by atoms with Crippen molar-refractivity contribution in [1.29, 1.82) is 0 Å². The summed E-state index contributed by atoms with van der Waals surface area (Å²) in [5.74, 6) is 2.91. The average Bonchev–Trinajstić information content (AvgIpc) is 2.90. The van der Waals surface area contributed by atoms with Gasteiger partial charge in [-0.15, -0.1) is 0 Å². The molecule has 1 aromatic heterocycles. The number of nitrogens with zero attached hydrogens (tertiary/aromatic N) is 2. The van der Waals surface area contributed by atoms with Crippen molar-refractivity contribution in [3.05, 3.63) is 36.7 Å². The Bertz CT molecular complexity index is 748. The van der Waals surface area contributed by atoms with Crippen molar-refractivity contribution in [2.45, 2.75) is 122 Å². The molecule has 1 aromatic carbocycles. The Kier molecular flexibility index (Phi) is 16.6. The zero-order chi connectivity index (χ0) is 25.0. The van der Waals surface area contributed by atoms with Crippen molar-refractivity contribution in [2.24, 2.45) is 5.92 Å². The quantitative estimate of drug-likeness (QED) is 0.0974. The third-order valence-electron chi connectivity index (χ3n) is 6.85. The second-order valence-corrected chi connectivity index (χ2v) is 11.1. The van der Waals surface area contributed by atoms with E-state index in [0.717, 1.165) is 46.7 Å². The fourth-order valence-corrected chi connectivity index (χ4v) is 4.99. The van der Waals surface area contributed by atoms with Gasteiger partial charge in [-0.1, -0.05) is 128 Å². The van der Waals surface area contributed by atoms with Gasteiger partial charge in [-0.25, -0.2) is 9.97 Å². The zero-order valence-corrected chi connectivity index (χ0v) is 23.6. The molecule has 35 heavy (non-hydrogen) atoms. The van der Waals surface area contributed by atoms with E-state index in [-0.39, 0.29) is 0 Å². The highest BCUT2D eigenvalue weighted by Gasteiger charge is 2.03. The highest BCUT2D eigenvalue weighted by molar-refractivity contribution is 7.99. The van der Waals surface area contributed by atoms with Crippen molar-refractivity contribution in [2.75, 3.05) is 12.4 Å². The number of unbranched alkanes of at least 4 members (excludes halogenated alkanes) is 11. The van der Waals surface area contributed by atoms with Gasteiger partial charge in [0, 0.05) is 23.7 Å². The predicted molar refractivity (Wildman–Crippen MR) is 153 cm³/mol. The monoisotopic (exact) mass is 498 g/mol. The van der Waals surface area contributed by atoms with E-state index in [2.05, 4.69) is 55.0 Å². The summed E-state index contributed by atoms with van der Waals surface area (Å²) in [5.41, 5.74) is 2.20. The number of benzene rings is 1. The van der Waals surface area contributed by atoms with Gasteiger partial charge in [0.05, 0.1) is 6.61 Å². The molecule has 3 nitrogen and oxygen atoms in total. The lowest BCUT2D eigenvalue weighted by Gasteiger charge is -2.09. The van der Waals surface area contributed by atoms with Crippen LogP contribution in [0.15, 0.2) is 41.8 Å². The Hall–Kier alpha value is -1.55. The highest BCUT2D eigenvalue weighted by Crippen LogP contribution is 2.23. The Morgan fingerprint density at radius 3 is 1.94 bits per heavy atom. The fourth-order valence-electron chi connectivity index (χ4n) is 4.20. The van der Waals surface area contributed by atoms with Gasteiger partial charge in [0.25, 0.3) is 0 Å². The molecular formula is C31H50N2OS. The minimum atomic E-state index is 0.800. The molecule has 1 atom stereocenters. The molecule has 0 fully saturated rings. The minimum absolute atomic E-state index is 0.800. The van der Waals surface area contributed by atoms with Gasteiger partial charge >= 0.3 is 0 Å². The van der Waals surface area contributed by atoms with Crippen LogP contribution in [-0.2, 0) is 0 Å². The summed E-state index contributed by atoms with van der Waals surface area (Å²) in [7, 11) is 0.